The topological polar surface area (TPSA) is 37.4 Å². The fourth-order valence-electron chi connectivity index (χ4n) is 2.32. The smallest absolute Gasteiger partial charge is 0.211 e. The number of hydrogen-bond donors (Lipinski definition) is 0. The Kier molecular flexibility index (Phi) is 1.97. The highest BCUT2D eigenvalue weighted by Crippen LogP contribution is 2.55. The maximum atomic E-state index is 11.3. The molecule has 0 bridgehead atoms. The third-order valence-corrected chi connectivity index (χ3v) is 4.96. The van der Waals surface area contributed by atoms with E-state index in [9.17, 15) is 8.42 Å². The molecule has 13 heavy (non-hydrogen) atoms. The van der Waals surface area contributed by atoms with Gasteiger partial charge in [-0.25, -0.2) is 12.7 Å². The summed E-state index contributed by atoms with van der Waals surface area (Å²) in [7, 11) is -2.95. The monoisotopic (exact) mass is 203 g/mol. The van der Waals surface area contributed by atoms with Crippen molar-refractivity contribution in [1.29, 1.82) is 0 Å². The summed E-state index contributed by atoms with van der Waals surface area (Å²) in [6.45, 7) is 3.75. The predicted octanol–water partition coefficient (Wildman–Crippen LogP) is 1.07. The molecule has 4 heteroatoms. The summed E-state index contributed by atoms with van der Waals surface area (Å²) in [4.78, 5) is 0. The fraction of sp³-hybridized carbons (Fsp3) is 1.00. The molecule has 1 aliphatic carbocycles. The molecule has 1 saturated carbocycles. The molecule has 1 unspecified atom stereocenters. The molecular weight excluding hydrogens is 186 g/mol. The van der Waals surface area contributed by atoms with Crippen LogP contribution < -0.4 is 0 Å². The number of nitrogens with zero attached hydrogens (tertiary/aromatic N) is 1. The van der Waals surface area contributed by atoms with Gasteiger partial charge in [0.2, 0.25) is 10.0 Å². The van der Waals surface area contributed by atoms with Gasteiger partial charge in [-0.3, -0.25) is 0 Å². The van der Waals surface area contributed by atoms with Crippen LogP contribution in [0.5, 0.6) is 0 Å². The molecule has 0 N–H and O–H groups in total. The fourth-order valence-corrected chi connectivity index (χ4v) is 3.25. The highest BCUT2D eigenvalue weighted by atomic mass is 32.2. The lowest BCUT2D eigenvalue weighted by Gasteiger charge is -2.35. The van der Waals surface area contributed by atoms with Gasteiger partial charge in [0, 0.05) is 13.1 Å². The zero-order chi connectivity index (χ0) is 9.69. The Morgan fingerprint density at radius 2 is 2.00 bits per heavy atom. The Morgan fingerprint density at radius 1 is 1.38 bits per heavy atom. The minimum Gasteiger partial charge on any atom is -0.213 e. The molecule has 0 aromatic rings. The molecule has 0 amide bonds. The van der Waals surface area contributed by atoms with Gasteiger partial charge in [0.25, 0.3) is 0 Å². The second-order valence-corrected chi connectivity index (χ2v) is 6.63. The zero-order valence-electron chi connectivity index (χ0n) is 8.28. The van der Waals surface area contributed by atoms with Gasteiger partial charge in [-0.2, -0.15) is 0 Å². The maximum absolute atomic E-state index is 11.3. The summed E-state index contributed by atoms with van der Waals surface area (Å²) >= 11 is 0. The minimum atomic E-state index is -2.95. The largest absolute Gasteiger partial charge is 0.213 e. The van der Waals surface area contributed by atoms with Crippen molar-refractivity contribution >= 4 is 10.0 Å². The van der Waals surface area contributed by atoms with Crippen LogP contribution in [-0.4, -0.2) is 32.1 Å². The highest BCUT2D eigenvalue weighted by molar-refractivity contribution is 7.88. The Hall–Kier alpha value is -0.0900. The third-order valence-electron chi connectivity index (χ3n) is 3.71. The second-order valence-electron chi connectivity index (χ2n) is 4.65. The summed E-state index contributed by atoms with van der Waals surface area (Å²) in [5.74, 6) is 0.713. The van der Waals surface area contributed by atoms with Crippen LogP contribution in [0.4, 0.5) is 0 Å². The van der Waals surface area contributed by atoms with Crippen LogP contribution in [0.1, 0.15) is 26.2 Å². The summed E-state index contributed by atoms with van der Waals surface area (Å²) < 4.78 is 24.3. The second kappa shape index (κ2) is 2.70. The quantitative estimate of drug-likeness (QED) is 0.639. The van der Waals surface area contributed by atoms with Gasteiger partial charge in [-0.1, -0.05) is 6.92 Å². The van der Waals surface area contributed by atoms with E-state index in [1.54, 1.807) is 4.31 Å². The van der Waals surface area contributed by atoms with Crippen molar-refractivity contribution in [1.82, 2.24) is 4.31 Å². The number of hydrogen-bond acceptors (Lipinski definition) is 2. The maximum Gasteiger partial charge on any atom is 0.211 e. The van der Waals surface area contributed by atoms with E-state index in [-0.39, 0.29) is 0 Å². The van der Waals surface area contributed by atoms with Crippen LogP contribution in [0.15, 0.2) is 0 Å². The first kappa shape index (κ1) is 9.46. The van der Waals surface area contributed by atoms with E-state index in [0.29, 0.717) is 11.3 Å². The molecular formula is C9H17NO2S. The predicted molar refractivity (Wildman–Crippen MR) is 51.9 cm³/mol. The van der Waals surface area contributed by atoms with Gasteiger partial charge in [-0.05, 0) is 30.6 Å². The summed E-state index contributed by atoms with van der Waals surface area (Å²) in [5.41, 5.74) is 0.362. The Morgan fingerprint density at radius 3 is 2.46 bits per heavy atom. The van der Waals surface area contributed by atoms with Gasteiger partial charge in [0.1, 0.15) is 0 Å². The lowest BCUT2D eigenvalue weighted by atomic mass is 9.85. The van der Waals surface area contributed by atoms with Crippen molar-refractivity contribution in [2.24, 2.45) is 11.3 Å². The Bertz CT molecular complexity index is 306. The molecule has 2 aliphatic rings. The van der Waals surface area contributed by atoms with Crippen LogP contribution >= 0.6 is 0 Å². The van der Waals surface area contributed by atoms with Crippen LogP contribution in [0, 0.1) is 11.3 Å². The first-order valence-corrected chi connectivity index (χ1v) is 6.74. The SMILES string of the molecule is CC1CCN(S(C)(=O)=O)CC12CC2. The Labute approximate surface area is 80.2 Å². The molecule has 76 valence electrons. The van der Waals surface area contributed by atoms with Gasteiger partial charge in [-0.15, -0.1) is 0 Å². The number of rotatable bonds is 1. The molecule has 0 radical (unpaired) electrons. The van der Waals surface area contributed by atoms with Crippen LogP contribution in [0.3, 0.4) is 0 Å². The molecule has 3 nitrogen and oxygen atoms in total. The van der Waals surface area contributed by atoms with E-state index >= 15 is 0 Å². The molecule has 1 aliphatic heterocycles. The van der Waals surface area contributed by atoms with Crippen LogP contribution in [-0.2, 0) is 10.0 Å². The van der Waals surface area contributed by atoms with Crippen molar-refractivity contribution < 1.29 is 8.42 Å². The molecule has 0 aromatic heterocycles. The van der Waals surface area contributed by atoms with E-state index in [4.69, 9.17) is 0 Å². The van der Waals surface area contributed by atoms with E-state index in [0.717, 1.165) is 19.5 Å². The lowest BCUT2D eigenvalue weighted by molar-refractivity contribution is 0.178. The zero-order valence-corrected chi connectivity index (χ0v) is 9.10. The molecule has 0 aromatic carbocycles. The van der Waals surface area contributed by atoms with Gasteiger partial charge in [0.05, 0.1) is 6.26 Å². The first-order valence-electron chi connectivity index (χ1n) is 4.89. The van der Waals surface area contributed by atoms with E-state index in [1.807, 2.05) is 0 Å². The van der Waals surface area contributed by atoms with Crippen LogP contribution in [0.25, 0.3) is 0 Å². The molecule has 2 fully saturated rings. The average molecular weight is 203 g/mol. The summed E-state index contributed by atoms with van der Waals surface area (Å²) in [6, 6.07) is 0. The minimum absolute atomic E-state index is 0.362. The standard InChI is InChI=1S/C9H17NO2S/c1-8-3-6-10(13(2,11)12)7-9(8)4-5-9/h8H,3-7H2,1-2H3. The van der Waals surface area contributed by atoms with Gasteiger partial charge >= 0.3 is 0 Å². The summed E-state index contributed by atoms with van der Waals surface area (Å²) in [6.07, 6.45) is 4.80. The average Bonchev–Trinajstić information content (AvgIpc) is 2.75. The number of sulfonamides is 1. The van der Waals surface area contributed by atoms with Crippen molar-refractivity contribution in [2.75, 3.05) is 19.3 Å². The van der Waals surface area contributed by atoms with Gasteiger partial charge < -0.3 is 0 Å². The van der Waals surface area contributed by atoms with Crippen LogP contribution in [0.2, 0.25) is 0 Å². The first-order chi connectivity index (χ1) is 5.94. The molecule has 1 heterocycles. The van der Waals surface area contributed by atoms with Crippen molar-refractivity contribution in [3.63, 3.8) is 0 Å². The van der Waals surface area contributed by atoms with Gasteiger partial charge in [0.15, 0.2) is 0 Å². The lowest BCUT2D eigenvalue weighted by Crippen LogP contribution is -2.43. The summed E-state index contributed by atoms with van der Waals surface area (Å²) in [5, 5.41) is 0. The molecule has 1 saturated heterocycles. The van der Waals surface area contributed by atoms with E-state index in [1.165, 1.54) is 19.1 Å². The molecule has 1 spiro atoms. The van der Waals surface area contributed by atoms with E-state index < -0.39 is 10.0 Å². The normalized spacial score (nSPS) is 33.5. The third kappa shape index (κ3) is 1.62. The Balaban J connectivity index is 2.13. The molecule has 1 atom stereocenters. The number of piperidine rings is 1. The van der Waals surface area contributed by atoms with Crippen molar-refractivity contribution in [2.45, 2.75) is 26.2 Å². The van der Waals surface area contributed by atoms with E-state index in [2.05, 4.69) is 6.92 Å². The highest BCUT2D eigenvalue weighted by Gasteiger charge is 2.51. The molecule has 2 rings (SSSR count). The van der Waals surface area contributed by atoms with Crippen molar-refractivity contribution in [3.05, 3.63) is 0 Å². The van der Waals surface area contributed by atoms with Crippen molar-refractivity contribution in [3.8, 4) is 0 Å².